The summed E-state index contributed by atoms with van der Waals surface area (Å²) in [5.74, 6) is 0.759. The van der Waals surface area contributed by atoms with Gasteiger partial charge < -0.3 is 24.7 Å². The van der Waals surface area contributed by atoms with E-state index in [4.69, 9.17) is 4.74 Å². The van der Waals surface area contributed by atoms with E-state index >= 15 is 0 Å². The molecule has 0 aromatic heterocycles. The summed E-state index contributed by atoms with van der Waals surface area (Å²) in [4.78, 5) is 19.0. The highest BCUT2D eigenvalue weighted by molar-refractivity contribution is 5.93. The van der Waals surface area contributed by atoms with Gasteiger partial charge in [-0.25, -0.2) is 4.79 Å². The Morgan fingerprint density at radius 3 is 2.23 bits per heavy atom. The van der Waals surface area contributed by atoms with E-state index in [9.17, 15) is 15.0 Å². The number of hydrogen-bond acceptors (Lipinski definition) is 7. The molecule has 2 saturated heterocycles. The summed E-state index contributed by atoms with van der Waals surface area (Å²) in [5, 5.41) is 21.7. The van der Waals surface area contributed by atoms with Gasteiger partial charge in [0, 0.05) is 68.7 Å². The molecule has 4 aromatic carbocycles. The number of piperazine rings is 1. The van der Waals surface area contributed by atoms with Gasteiger partial charge >= 0.3 is 5.97 Å². The zero-order valence-electron chi connectivity index (χ0n) is 26.9. The highest BCUT2D eigenvalue weighted by atomic mass is 16.5. The molecule has 7 nitrogen and oxygen atoms in total. The summed E-state index contributed by atoms with van der Waals surface area (Å²) in [6, 6.07) is 31.9. The molecule has 8 rings (SSSR count). The summed E-state index contributed by atoms with van der Waals surface area (Å²) in [7, 11) is 0. The molecule has 7 heteroatoms. The van der Waals surface area contributed by atoms with Crippen LogP contribution in [0.5, 0.6) is 5.75 Å². The number of hydrogen-bond donors (Lipinski definition) is 2. The van der Waals surface area contributed by atoms with Crippen molar-refractivity contribution in [2.45, 2.75) is 49.7 Å². The summed E-state index contributed by atoms with van der Waals surface area (Å²) in [5.41, 5.74) is 8.58. The highest BCUT2D eigenvalue weighted by Crippen LogP contribution is 2.47. The molecule has 0 amide bonds. The van der Waals surface area contributed by atoms with Crippen LogP contribution in [0, 0.1) is 0 Å². The maximum Gasteiger partial charge on any atom is 0.338 e. The molecule has 0 spiro atoms. The third-order valence-electron chi connectivity index (χ3n) is 11.1. The van der Waals surface area contributed by atoms with Crippen LogP contribution in [-0.4, -0.2) is 72.5 Å². The summed E-state index contributed by atoms with van der Waals surface area (Å²) >= 11 is 0. The molecule has 3 heterocycles. The van der Waals surface area contributed by atoms with Crippen molar-refractivity contribution in [3.05, 3.63) is 124 Å². The van der Waals surface area contributed by atoms with Gasteiger partial charge in [-0.2, -0.15) is 0 Å². The van der Waals surface area contributed by atoms with Gasteiger partial charge in [-0.05, 0) is 96.3 Å². The van der Waals surface area contributed by atoms with Crippen molar-refractivity contribution in [2.24, 2.45) is 0 Å². The molecule has 1 aliphatic carbocycles. The van der Waals surface area contributed by atoms with Crippen molar-refractivity contribution < 1.29 is 19.7 Å². The number of piperidine rings is 1. The number of rotatable bonds is 6. The number of esters is 1. The van der Waals surface area contributed by atoms with Crippen molar-refractivity contribution in [1.82, 2.24) is 4.90 Å². The monoisotopic (exact) mass is 629 g/mol. The van der Waals surface area contributed by atoms with Gasteiger partial charge in [-0.15, -0.1) is 0 Å². The number of phenols is 1. The third kappa shape index (κ3) is 5.99. The number of nitrogens with zero attached hydrogens (tertiary/aromatic N) is 3. The van der Waals surface area contributed by atoms with E-state index in [1.54, 1.807) is 0 Å². The number of β-amino-alcohol motifs (C(OH)–C–C–N with tert-alkyl or cyclic N) is 1. The number of cyclic esters (lactones) is 1. The Morgan fingerprint density at radius 1 is 0.745 bits per heavy atom. The molecule has 4 aromatic rings. The molecular weight excluding hydrogens is 586 g/mol. The van der Waals surface area contributed by atoms with E-state index in [1.807, 2.05) is 24.3 Å². The first-order chi connectivity index (χ1) is 22.9. The van der Waals surface area contributed by atoms with E-state index < -0.39 is 5.60 Å². The molecule has 0 saturated carbocycles. The van der Waals surface area contributed by atoms with Crippen LogP contribution >= 0.6 is 0 Å². The van der Waals surface area contributed by atoms with Crippen molar-refractivity contribution >= 4 is 17.3 Å². The molecule has 2 N–H and O–H groups in total. The van der Waals surface area contributed by atoms with Gasteiger partial charge in [0.05, 0.1) is 11.2 Å². The van der Waals surface area contributed by atoms with Crippen LogP contribution in [0.2, 0.25) is 0 Å². The fraction of sp³-hybridized carbons (Fsp3) is 0.375. The molecule has 0 bridgehead atoms. The standard InChI is InChI=1S/C40H43N3O4/c44-34-12-15-36-30(25-34)8-13-35(28-4-2-1-3-5-28)38(36)29-6-9-32(10-7-29)43-22-20-41(21-23-43)27-40(46)16-18-42(19-17-40)33-11-14-37-31(24-33)26-47-39(37)45/h1-7,9-12,14-15,24-25,35,38,44,46H,8,13,16-23,26-27H2. The summed E-state index contributed by atoms with van der Waals surface area (Å²) in [6.07, 6.45) is 3.50. The Bertz CT molecular complexity index is 1740. The SMILES string of the molecule is O=C1OCc2cc(N3CCC(O)(CN4CCN(c5ccc(C6c7ccc(O)cc7CCC6c6ccccc6)cc5)CC4)CC3)ccc21. The van der Waals surface area contributed by atoms with Gasteiger partial charge in [0.2, 0.25) is 0 Å². The van der Waals surface area contributed by atoms with Crippen LogP contribution < -0.4 is 9.80 Å². The number of carbonyl (C=O) groups is 1. The predicted octanol–water partition coefficient (Wildman–Crippen LogP) is 6.08. The van der Waals surface area contributed by atoms with Crippen molar-refractivity contribution in [1.29, 1.82) is 0 Å². The third-order valence-corrected chi connectivity index (χ3v) is 11.1. The van der Waals surface area contributed by atoms with Gasteiger partial charge in [0.1, 0.15) is 12.4 Å². The van der Waals surface area contributed by atoms with Crippen LogP contribution in [-0.2, 0) is 17.8 Å². The molecular formula is C40H43N3O4. The second-order valence-electron chi connectivity index (χ2n) is 13.9. The Morgan fingerprint density at radius 2 is 1.47 bits per heavy atom. The average molecular weight is 630 g/mol. The normalized spacial score (nSPS) is 22.4. The number of anilines is 2. The van der Waals surface area contributed by atoms with Gasteiger partial charge in [-0.1, -0.05) is 48.5 Å². The van der Waals surface area contributed by atoms with Crippen LogP contribution in [0.4, 0.5) is 11.4 Å². The first kappa shape index (κ1) is 30.0. The number of benzene rings is 4. The van der Waals surface area contributed by atoms with Crippen molar-refractivity contribution in [3.63, 3.8) is 0 Å². The molecule has 4 aliphatic rings. The number of aromatic hydroxyl groups is 1. The zero-order valence-corrected chi connectivity index (χ0v) is 26.9. The van der Waals surface area contributed by atoms with Crippen LogP contribution in [0.3, 0.4) is 0 Å². The topological polar surface area (TPSA) is 76.5 Å². The molecule has 3 aliphatic heterocycles. The number of carbonyl (C=O) groups excluding carboxylic acids is 1. The van der Waals surface area contributed by atoms with Gasteiger partial charge in [0.15, 0.2) is 0 Å². The Balaban J connectivity index is 0.892. The zero-order chi connectivity index (χ0) is 32.0. The maximum absolute atomic E-state index is 11.8. The summed E-state index contributed by atoms with van der Waals surface area (Å²) in [6.45, 7) is 6.40. The quantitative estimate of drug-likeness (QED) is 0.251. The van der Waals surface area contributed by atoms with Crippen LogP contribution in [0.15, 0.2) is 91.0 Å². The second kappa shape index (κ2) is 12.4. The van der Waals surface area contributed by atoms with Crippen LogP contribution in [0.1, 0.15) is 69.3 Å². The predicted molar refractivity (Wildman–Crippen MR) is 185 cm³/mol. The lowest BCUT2D eigenvalue weighted by molar-refractivity contribution is -0.0173. The van der Waals surface area contributed by atoms with Gasteiger partial charge in [-0.3, -0.25) is 4.90 Å². The molecule has 2 atom stereocenters. The fourth-order valence-electron chi connectivity index (χ4n) is 8.41. The molecule has 2 fully saturated rings. The number of aliphatic hydroxyl groups is 1. The average Bonchev–Trinajstić information content (AvgIpc) is 3.48. The van der Waals surface area contributed by atoms with E-state index in [-0.39, 0.29) is 11.9 Å². The number of aryl methyl sites for hydroxylation is 1. The van der Waals surface area contributed by atoms with E-state index in [0.717, 1.165) is 76.2 Å². The summed E-state index contributed by atoms with van der Waals surface area (Å²) < 4.78 is 5.17. The lowest BCUT2D eigenvalue weighted by Crippen LogP contribution is -2.55. The number of phenolic OH excluding ortho intramolecular Hbond substituents is 1. The number of ether oxygens (including phenoxy) is 1. The first-order valence-electron chi connectivity index (χ1n) is 17.1. The molecule has 242 valence electrons. The Kier molecular flexibility index (Phi) is 7.90. The van der Waals surface area contributed by atoms with E-state index in [1.165, 1.54) is 27.9 Å². The second-order valence-corrected chi connectivity index (χ2v) is 13.9. The minimum atomic E-state index is -0.682. The van der Waals surface area contributed by atoms with Crippen LogP contribution in [0.25, 0.3) is 0 Å². The molecule has 47 heavy (non-hydrogen) atoms. The minimum absolute atomic E-state index is 0.234. The highest BCUT2D eigenvalue weighted by Gasteiger charge is 2.36. The Hall–Kier alpha value is -4.33. The lowest BCUT2D eigenvalue weighted by atomic mass is 9.69. The van der Waals surface area contributed by atoms with Crippen molar-refractivity contribution in [2.75, 3.05) is 55.6 Å². The number of fused-ring (bicyclic) bond motifs is 2. The van der Waals surface area contributed by atoms with Crippen molar-refractivity contribution in [3.8, 4) is 5.75 Å². The smallest absolute Gasteiger partial charge is 0.338 e. The van der Waals surface area contributed by atoms with E-state index in [0.29, 0.717) is 30.4 Å². The minimum Gasteiger partial charge on any atom is -0.508 e. The molecule has 0 radical (unpaired) electrons. The molecule has 2 unspecified atom stereocenters. The first-order valence-corrected chi connectivity index (χ1v) is 17.1. The lowest BCUT2D eigenvalue weighted by Gasteiger charge is -2.44. The Labute approximate surface area is 277 Å². The fourth-order valence-corrected chi connectivity index (χ4v) is 8.41. The van der Waals surface area contributed by atoms with Gasteiger partial charge in [0.25, 0.3) is 0 Å². The largest absolute Gasteiger partial charge is 0.508 e. The maximum atomic E-state index is 11.8. The van der Waals surface area contributed by atoms with E-state index in [2.05, 4.69) is 81.4 Å².